The third-order valence-corrected chi connectivity index (χ3v) is 2.54. The average Bonchev–Trinajstić information content (AvgIpc) is 2.06. The van der Waals surface area contributed by atoms with Gasteiger partial charge in [-0.15, -0.1) is 3.89 Å². The van der Waals surface area contributed by atoms with Gasteiger partial charge in [-0.1, -0.05) is 0 Å². The molecule has 0 radical (unpaired) electrons. The molecule has 0 bridgehead atoms. The van der Waals surface area contributed by atoms with Crippen molar-refractivity contribution in [3.8, 4) is 0 Å². The molecule has 0 aliphatic rings. The SMILES string of the molecule is Cc1cc(S(=O)(=O)F)cc(C(=O)O)c1F. The van der Waals surface area contributed by atoms with Crippen LogP contribution in [0.25, 0.3) is 0 Å². The fourth-order valence-corrected chi connectivity index (χ4v) is 1.61. The van der Waals surface area contributed by atoms with Gasteiger partial charge in [0.15, 0.2) is 0 Å². The summed E-state index contributed by atoms with van der Waals surface area (Å²) in [4.78, 5) is 9.63. The van der Waals surface area contributed by atoms with Gasteiger partial charge in [-0.2, -0.15) is 8.42 Å². The molecule has 0 heterocycles. The Morgan fingerprint density at radius 1 is 1.40 bits per heavy atom. The maximum Gasteiger partial charge on any atom is 0.338 e. The smallest absolute Gasteiger partial charge is 0.338 e. The summed E-state index contributed by atoms with van der Waals surface area (Å²) < 4.78 is 46.6. The highest BCUT2D eigenvalue weighted by molar-refractivity contribution is 7.86. The molecule has 0 aliphatic carbocycles. The molecule has 0 amide bonds. The lowest BCUT2D eigenvalue weighted by Crippen LogP contribution is -2.05. The third-order valence-electron chi connectivity index (χ3n) is 1.74. The molecule has 0 aromatic heterocycles. The van der Waals surface area contributed by atoms with Gasteiger partial charge in [-0.3, -0.25) is 0 Å². The van der Waals surface area contributed by atoms with Crippen LogP contribution in [-0.2, 0) is 10.2 Å². The summed E-state index contributed by atoms with van der Waals surface area (Å²) in [6, 6.07) is 1.18. The Labute approximate surface area is 84.4 Å². The molecule has 0 saturated heterocycles. The second-order valence-electron chi connectivity index (χ2n) is 2.84. The van der Waals surface area contributed by atoms with Gasteiger partial charge in [-0.05, 0) is 24.6 Å². The van der Waals surface area contributed by atoms with E-state index in [2.05, 4.69) is 0 Å². The Morgan fingerprint density at radius 3 is 2.33 bits per heavy atom. The molecule has 1 aromatic rings. The highest BCUT2D eigenvalue weighted by Crippen LogP contribution is 2.20. The maximum atomic E-state index is 13.1. The van der Waals surface area contributed by atoms with Crippen molar-refractivity contribution in [2.24, 2.45) is 0 Å². The van der Waals surface area contributed by atoms with Gasteiger partial charge in [0.05, 0.1) is 10.5 Å². The van der Waals surface area contributed by atoms with Crippen LogP contribution in [0.1, 0.15) is 15.9 Å². The Balaban J connectivity index is 3.57. The van der Waals surface area contributed by atoms with Crippen LogP contribution < -0.4 is 0 Å². The molecule has 7 heteroatoms. The number of carboxylic acid groups (broad SMARTS) is 1. The number of hydrogen-bond acceptors (Lipinski definition) is 3. The van der Waals surface area contributed by atoms with E-state index >= 15 is 0 Å². The molecule has 1 aromatic carbocycles. The van der Waals surface area contributed by atoms with Crippen LogP contribution in [0.3, 0.4) is 0 Å². The lowest BCUT2D eigenvalue weighted by atomic mass is 10.1. The first kappa shape index (κ1) is 11.6. The van der Waals surface area contributed by atoms with E-state index < -0.39 is 32.5 Å². The molecule has 82 valence electrons. The zero-order chi connectivity index (χ0) is 11.8. The summed E-state index contributed by atoms with van der Waals surface area (Å²) >= 11 is 0. The Bertz CT molecular complexity index is 522. The summed E-state index contributed by atoms with van der Waals surface area (Å²) in [5.74, 6) is -2.73. The van der Waals surface area contributed by atoms with Gasteiger partial charge in [0.1, 0.15) is 5.82 Å². The van der Waals surface area contributed by atoms with Crippen LogP contribution in [0.15, 0.2) is 17.0 Å². The van der Waals surface area contributed by atoms with E-state index in [0.717, 1.165) is 13.0 Å². The predicted octanol–water partition coefficient (Wildman–Crippen LogP) is 1.49. The van der Waals surface area contributed by atoms with E-state index in [-0.39, 0.29) is 5.56 Å². The van der Waals surface area contributed by atoms with Crippen molar-refractivity contribution in [1.29, 1.82) is 0 Å². The zero-order valence-corrected chi connectivity index (χ0v) is 8.31. The minimum absolute atomic E-state index is 0.244. The van der Waals surface area contributed by atoms with Crippen LogP contribution in [0, 0.1) is 12.7 Å². The van der Waals surface area contributed by atoms with Crippen molar-refractivity contribution in [3.63, 3.8) is 0 Å². The number of aryl methyl sites for hydroxylation is 1. The summed E-state index contributed by atoms with van der Waals surface area (Å²) in [5.41, 5.74) is -1.11. The van der Waals surface area contributed by atoms with Crippen molar-refractivity contribution < 1.29 is 26.6 Å². The minimum Gasteiger partial charge on any atom is -0.478 e. The number of carbonyl (C=O) groups is 1. The first-order chi connectivity index (χ1) is 6.73. The first-order valence-corrected chi connectivity index (χ1v) is 5.10. The second kappa shape index (κ2) is 3.58. The van der Waals surface area contributed by atoms with Gasteiger partial charge in [0, 0.05) is 0 Å². The van der Waals surface area contributed by atoms with Gasteiger partial charge in [0.25, 0.3) is 0 Å². The molecule has 0 fully saturated rings. The number of benzene rings is 1. The maximum absolute atomic E-state index is 13.1. The molecule has 1 rings (SSSR count). The molecular weight excluding hydrogens is 230 g/mol. The van der Waals surface area contributed by atoms with E-state index in [4.69, 9.17) is 5.11 Å². The van der Waals surface area contributed by atoms with Crippen molar-refractivity contribution in [2.75, 3.05) is 0 Å². The number of carboxylic acids is 1. The molecule has 0 aliphatic heterocycles. The fraction of sp³-hybridized carbons (Fsp3) is 0.125. The van der Waals surface area contributed by atoms with Crippen molar-refractivity contribution in [3.05, 3.63) is 29.1 Å². The summed E-state index contributed by atoms with van der Waals surface area (Å²) in [6.45, 7) is 1.15. The van der Waals surface area contributed by atoms with Gasteiger partial charge in [0.2, 0.25) is 0 Å². The van der Waals surface area contributed by atoms with Crippen LogP contribution >= 0.6 is 0 Å². The van der Waals surface area contributed by atoms with Crippen LogP contribution in [-0.4, -0.2) is 19.5 Å². The van der Waals surface area contributed by atoms with E-state index in [0.29, 0.717) is 6.07 Å². The summed E-state index contributed by atoms with van der Waals surface area (Å²) in [7, 11) is -5.03. The normalized spacial score (nSPS) is 11.4. The average molecular weight is 236 g/mol. The number of aromatic carboxylic acids is 1. The number of rotatable bonds is 2. The van der Waals surface area contributed by atoms with Crippen LogP contribution in [0.2, 0.25) is 0 Å². The molecule has 0 atom stereocenters. The van der Waals surface area contributed by atoms with Crippen LogP contribution in [0.4, 0.5) is 8.28 Å². The molecule has 0 unspecified atom stereocenters. The fourth-order valence-electron chi connectivity index (χ4n) is 1.03. The second-order valence-corrected chi connectivity index (χ2v) is 4.19. The third kappa shape index (κ3) is 2.30. The molecular formula is C8H6F2O4S. The van der Waals surface area contributed by atoms with Gasteiger partial charge < -0.3 is 5.11 Å². The highest BCUT2D eigenvalue weighted by atomic mass is 32.3. The standard InChI is InChI=1S/C8H6F2O4S/c1-4-2-5(15(10,13)14)3-6(7(4)9)8(11)12/h2-3H,1H3,(H,11,12). The molecule has 0 spiro atoms. The van der Waals surface area contributed by atoms with Crippen molar-refractivity contribution >= 4 is 16.2 Å². The van der Waals surface area contributed by atoms with E-state index in [9.17, 15) is 21.5 Å². The predicted molar refractivity (Wildman–Crippen MR) is 46.4 cm³/mol. The largest absolute Gasteiger partial charge is 0.478 e. The van der Waals surface area contributed by atoms with Gasteiger partial charge in [-0.25, -0.2) is 9.18 Å². The molecule has 4 nitrogen and oxygen atoms in total. The van der Waals surface area contributed by atoms with Crippen LogP contribution in [0.5, 0.6) is 0 Å². The first-order valence-electron chi connectivity index (χ1n) is 3.71. The van der Waals surface area contributed by atoms with Crippen molar-refractivity contribution in [1.82, 2.24) is 0 Å². The van der Waals surface area contributed by atoms with E-state index in [1.807, 2.05) is 0 Å². The lowest BCUT2D eigenvalue weighted by molar-refractivity contribution is 0.0691. The summed E-state index contributed by atoms with van der Waals surface area (Å²) in [6.07, 6.45) is 0. The monoisotopic (exact) mass is 236 g/mol. The number of halogens is 2. The lowest BCUT2D eigenvalue weighted by Gasteiger charge is -2.03. The van der Waals surface area contributed by atoms with Gasteiger partial charge >= 0.3 is 16.2 Å². The van der Waals surface area contributed by atoms with E-state index in [1.165, 1.54) is 0 Å². The molecule has 15 heavy (non-hydrogen) atoms. The highest BCUT2D eigenvalue weighted by Gasteiger charge is 2.20. The molecule has 1 N–H and O–H groups in total. The quantitative estimate of drug-likeness (QED) is 0.789. The summed E-state index contributed by atoms with van der Waals surface area (Å²) in [5, 5.41) is 8.52. The topological polar surface area (TPSA) is 71.4 Å². The van der Waals surface area contributed by atoms with E-state index in [1.54, 1.807) is 0 Å². The Morgan fingerprint density at radius 2 is 1.93 bits per heavy atom. The minimum atomic E-state index is -5.03. The number of hydrogen-bond donors (Lipinski definition) is 1. The van der Waals surface area contributed by atoms with Crippen molar-refractivity contribution in [2.45, 2.75) is 11.8 Å². The Kier molecular flexibility index (Phi) is 2.76. The molecule has 0 saturated carbocycles. The Hall–Kier alpha value is -1.50. The zero-order valence-electron chi connectivity index (χ0n) is 7.49.